The van der Waals surface area contributed by atoms with E-state index in [1.54, 1.807) is 36.4 Å². The first-order chi connectivity index (χ1) is 16.3. The van der Waals surface area contributed by atoms with E-state index in [0.717, 1.165) is 12.8 Å². The summed E-state index contributed by atoms with van der Waals surface area (Å²) < 4.78 is 27.2. The molecule has 0 spiro atoms. The van der Waals surface area contributed by atoms with Crippen LogP contribution in [0.3, 0.4) is 0 Å². The predicted molar refractivity (Wildman–Crippen MR) is 133 cm³/mol. The van der Waals surface area contributed by atoms with Crippen LogP contribution in [0, 0.1) is 0 Å². The zero-order valence-electron chi connectivity index (χ0n) is 18.1. The lowest BCUT2D eigenvalue weighted by atomic mass is 10.2. The fourth-order valence-electron chi connectivity index (χ4n) is 3.56. The zero-order chi connectivity index (χ0) is 24.1. The van der Waals surface area contributed by atoms with E-state index < -0.39 is 22.0 Å². The summed E-state index contributed by atoms with van der Waals surface area (Å²) in [6.45, 7) is 0.887. The Kier molecular flexibility index (Phi) is 7.16. The lowest BCUT2D eigenvalue weighted by molar-refractivity contribution is 0.102. The highest BCUT2D eigenvalue weighted by atomic mass is 35.5. The molecule has 1 aliphatic rings. The van der Waals surface area contributed by atoms with Gasteiger partial charge in [-0.15, -0.1) is 0 Å². The smallest absolute Gasteiger partial charge is 0.322 e. The van der Waals surface area contributed by atoms with Crippen molar-refractivity contribution < 1.29 is 18.0 Å². The molecule has 3 aromatic carbocycles. The van der Waals surface area contributed by atoms with Gasteiger partial charge in [-0.1, -0.05) is 29.8 Å². The van der Waals surface area contributed by atoms with Crippen molar-refractivity contribution in [3.63, 3.8) is 0 Å². The molecule has 34 heavy (non-hydrogen) atoms. The van der Waals surface area contributed by atoms with Gasteiger partial charge >= 0.3 is 6.03 Å². The number of rotatable bonds is 6. The number of hydrogen-bond acceptors (Lipinski definition) is 4. The summed E-state index contributed by atoms with van der Waals surface area (Å²) in [5, 5.41) is 8.23. The molecule has 0 atom stereocenters. The lowest BCUT2D eigenvalue weighted by Crippen LogP contribution is -2.28. The quantitative estimate of drug-likeness (QED) is 0.443. The average molecular weight is 499 g/mol. The van der Waals surface area contributed by atoms with E-state index in [4.69, 9.17) is 11.6 Å². The molecule has 0 unspecified atom stereocenters. The number of nitrogens with one attached hydrogen (secondary N) is 3. The molecule has 1 aliphatic heterocycles. The predicted octanol–water partition coefficient (Wildman–Crippen LogP) is 5.02. The van der Waals surface area contributed by atoms with Gasteiger partial charge in [-0.25, -0.2) is 13.2 Å². The highest BCUT2D eigenvalue weighted by molar-refractivity contribution is 7.89. The molecule has 0 saturated carbocycles. The summed E-state index contributed by atoms with van der Waals surface area (Å²) in [4.78, 5) is 24.8. The number of urea groups is 1. The van der Waals surface area contributed by atoms with E-state index in [2.05, 4.69) is 16.0 Å². The minimum Gasteiger partial charge on any atom is -0.322 e. The number of para-hydroxylation sites is 1. The summed E-state index contributed by atoms with van der Waals surface area (Å²) in [6.07, 6.45) is 1.60. The fourth-order valence-corrected chi connectivity index (χ4v) is 5.58. The summed E-state index contributed by atoms with van der Waals surface area (Å²) >= 11 is 6.16. The van der Waals surface area contributed by atoms with Crippen LogP contribution in [0.15, 0.2) is 77.7 Å². The first kappa shape index (κ1) is 23.7. The minimum atomic E-state index is -3.76. The van der Waals surface area contributed by atoms with Crippen molar-refractivity contribution in [2.45, 2.75) is 17.7 Å². The van der Waals surface area contributed by atoms with Gasteiger partial charge in [-0.2, -0.15) is 4.31 Å². The van der Waals surface area contributed by atoms with Crippen LogP contribution < -0.4 is 16.0 Å². The van der Waals surface area contributed by atoms with Crippen LogP contribution in [0.4, 0.5) is 21.9 Å². The summed E-state index contributed by atoms with van der Waals surface area (Å²) in [7, 11) is -3.76. The summed E-state index contributed by atoms with van der Waals surface area (Å²) in [5.74, 6) is -0.475. The molecule has 8 nitrogen and oxygen atoms in total. The number of hydrogen-bond donors (Lipinski definition) is 3. The molecule has 176 valence electrons. The highest BCUT2D eigenvalue weighted by Gasteiger charge is 2.29. The van der Waals surface area contributed by atoms with Gasteiger partial charge < -0.3 is 16.0 Å². The Morgan fingerprint density at radius 2 is 1.32 bits per heavy atom. The van der Waals surface area contributed by atoms with Gasteiger partial charge in [0.1, 0.15) is 4.90 Å². The molecular formula is C24H23ClN4O4S. The third-order valence-corrected chi connectivity index (χ3v) is 7.69. The second-order valence-corrected chi connectivity index (χ2v) is 10.0. The number of nitrogens with zero attached hydrogens (tertiary/aromatic N) is 1. The van der Waals surface area contributed by atoms with Crippen LogP contribution in [-0.4, -0.2) is 37.8 Å². The van der Waals surface area contributed by atoms with Crippen LogP contribution in [-0.2, 0) is 10.0 Å². The highest BCUT2D eigenvalue weighted by Crippen LogP contribution is 2.28. The second-order valence-electron chi connectivity index (χ2n) is 7.73. The number of halogens is 1. The van der Waals surface area contributed by atoms with Crippen molar-refractivity contribution in [3.8, 4) is 0 Å². The Labute approximate surface area is 203 Å². The first-order valence-electron chi connectivity index (χ1n) is 10.7. The largest absolute Gasteiger partial charge is 0.323 e. The van der Waals surface area contributed by atoms with Crippen LogP contribution in [0.25, 0.3) is 0 Å². The molecule has 0 bridgehead atoms. The Morgan fingerprint density at radius 1 is 0.765 bits per heavy atom. The minimum absolute atomic E-state index is 0.0762. The van der Waals surface area contributed by atoms with Crippen LogP contribution >= 0.6 is 11.6 Å². The number of sulfonamides is 1. The van der Waals surface area contributed by atoms with Gasteiger partial charge in [0, 0.05) is 35.7 Å². The molecule has 1 fully saturated rings. The van der Waals surface area contributed by atoms with Crippen LogP contribution in [0.2, 0.25) is 5.02 Å². The number of carbonyl (C=O) groups excluding carboxylic acids is 2. The van der Waals surface area contributed by atoms with E-state index in [0.29, 0.717) is 30.2 Å². The van der Waals surface area contributed by atoms with Gasteiger partial charge in [0.15, 0.2) is 0 Å². The molecular weight excluding hydrogens is 476 g/mol. The summed E-state index contributed by atoms with van der Waals surface area (Å²) in [5.41, 5.74) is 1.86. The first-order valence-corrected chi connectivity index (χ1v) is 12.5. The molecule has 0 aliphatic carbocycles. The molecule has 10 heteroatoms. The maximum absolute atomic E-state index is 12.9. The van der Waals surface area contributed by atoms with Gasteiger partial charge in [0.25, 0.3) is 5.91 Å². The third-order valence-electron chi connectivity index (χ3n) is 5.31. The van der Waals surface area contributed by atoms with Gasteiger partial charge in [-0.05, 0) is 67.4 Å². The van der Waals surface area contributed by atoms with Crippen molar-refractivity contribution in [2.24, 2.45) is 0 Å². The van der Waals surface area contributed by atoms with Crippen LogP contribution in [0.5, 0.6) is 0 Å². The Balaban J connectivity index is 1.41. The van der Waals surface area contributed by atoms with E-state index >= 15 is 0 Å². The average Bonchev–Trinajstić information content (AvgIpc) is 3.37. The van der Waals surface area contributed by atoms with E-state index in [1.165, 1.54) is 22.5 Å². The maximum atomic E-state index is 12.9. The Bertz CT molecular complexity index is 1290. The molecule has 0 aromatic heterocycles. The van der Waals surface area contributed by atoms with Crippen molar-refractivity contribution in [2.75, 3.05) is 29.0 Å². The van der Waals surface area contributed by atoms with Crippen LogP contribution in [0.1, 0.15) is 23.2 Å². The second kappa shape index (κ2) is 10.3. The Morgan fingerprint density at radius 3 is 1.94 bits per heavy atom. The number of carbonyl (C=O) groups is 2. The maximum Gasteiger partial charge on any atom is 0.323 e. The molecule has 1 heterocycles. The topological polar surface area (TPSA) is 108 Å². The molecule has 1 saturated heterocycles. The van der Waals surface area contributed by atoms with Crippen molar-refractivity contribution in [1.82, 2.24) is 4.31 Å². The monoisotopic (exact) mass is 498 g/mol. The van der Waals surface area contributed by atoms with Crippen molar-refractivity contribution in [3.05, 3.63) is 83.4 Å². The fraction of sp³-hybridized carbons (Fsp3) is 0.167. The number of amides is 3. The SMILES string of the molecule is O=C(Nc1ccccc1)Nc1ccc(NC(=O)c2ccc(Cl)c(S(=O)(=O)N3CCCC3)c2)cc1. The van der Waals surface area contributed by atoms with Gasteiger partial charge in [-0.3, -0.25) is 4.79 Å². The zero-order valence-corrected chi connectivity index (χ0v) is 19.7. The van der Waals surface area contributed by atoms with E-state index in [9.17, 15) is 18.0 Å². The lowest BCUT2D eigenvalue weighted by Gasteiger charge is -2.17. The van der Waals surface area contributed by atoms with E-state index in [1.807, 2.05) is 18.2 Å². The molecule has 3 amide bonds. The van der Waals surface area contributed by atoms with Crippen molar-refractivity contribution in [1.29, 1.82) is 0 Å². The number of anilines is 3. The van der Waals surface area contributed by atoms with Gasteiger partial charge in [0.05, 0.1) is 5.02 Å². The summed E-state index contributed by atoms with van der Waals surface area (Å²) in [6, 6.07) is 19.4. The standard InChI is InChI=1S/C24H23ClN4O4S/c25-21-13-8-17(16-22(21)34(32,33)29-14-4-5-15-29)23(30)26-19-9-11-20(12-10-19)28-24(31)27-18-6-2-1-3-7-18/h1-3,6-13,16H,4-5,14-15H2,(H,26,30)(H2,27,28,31). The molecule has 3 N–H and O–H groups in total. The molecule has 4 rings (SSSR count). The molecule has 0 radical (unpaired) electrons. The van der Waals surface area contributed by atoms with Crippen molar-refractivity contribution >= 4 is 50.6 Å². The number of benzene rings is 3. The third kappa shape index (κ3) is 5.56. The van der Waals surface area contributed by atoms with E-state index in [-0.39, 0.29) is 15.5 Å². The Hall–Kier alpha value is -3.40. The van der Waals surface area contributed by atoms with Gasteiger partial charge in [0.2, 0.25) is 10.0 Å². The molecule has 3 aromatic rings. The normalized spacial score (nSPS) is 13.9.